The van der Waals surface area contributed by atoms with E-state index in [0.29, 0.717) is 5.92 Å². The van der Waals surface area contributed by atoms with Crippen LogP contribution in [0.3, 0.4) is 0 Å². The van der Waals surface area contributed by atoms with Crippen LogP contribution in [-0.2, 0) is 20.1 Å². The smallest absolute Gasteiger partial charge is 0.0649 e. The Morgan fingerprint density at radius 2 is 1.43 bits per heavy atom. The van der Waals surface area contributed by atoms with Crippen LogP contribution < -0.4 is 0 Å². The van der Waals surface area contributed by atoms with Crippen LogP contribution in [0, 0.1) is 28.7 Å². The number of hydrogen-bond acceptors (Lipinski definition) is 3. The molecule has 2 N–H and O–H groups in total. The summed E-state index contributed by atoms with van der Waals surface area (Å²) in [7, 11) is 0. The number of fused-ring (bicyclic) bond motifs is 2. The summed E-state index contributed by atoms with van der Waals surface area (Å²) in [6.07, 6.45) is 8.32. The molecule has 1 radical (unpaired) electrons. The average Bonchev–Trinajstić information content (AvgIpc) is 3.12. The molecule has 0 amide bonds. The van der Waals surface area contributed by atoms with Crippen molar-refractivity contribution in [2.24, 2.45) is 22.7 Å². The van der Waals surface area contributed by atoms with Gasteiger partial charge in [0.25, 0.3) is 0 Å². The molecule has 0 aliphatic heterocycles. The van der Waals surface area contributed by atoms with E-state index in [0.717, 1.165) is 42.5 Å². The number of aliphatic hydroxyl groups excluding tert-OH is 2. The second-order valence-electron chi connectivity index (χ2n) is 11.7. The largest absolute Gasteiger partial charge is 0.392 e. The third kappa shape index (κ3) is 6.53. The number of para-hydroxylation sites is 1. The first kappa shape index (κ1) is 30.0. The summed E-state index contributed by atoms with van der Waals surface area (Å²) in [5.41, 5.74) is 3.00. The number of benzene rings is 2. The van der Waals surface area contributed by atoms with Crippen molar-refractivity contribution in [1.29, 1.82) is 0 Å². The third-order valence-electron chi connectivity index (χ3n) is 9.55. The molecule has 4 heteroatoms. The zero-order valence-corrected chi connectivity index (χ0v) is 25.3. The molecular formula is C33H44IrNO2-. The summed E-state index contributed by atoms with van der Waals surface area (Å²) in [5, 5.41) is 23.3. The normalized spacial score (nSPS) is 31.6. The summed E-state index contributed by atoms with van der Waals surface area (Å²) in [6, 6.07) is 23.4. The average molecular weight is 679 g/mol. The minimum absolute atomic E-state index is 0. The number of rotatable bonds is 3. The third-order valence-corrected chi connectivity index (χ3v) is 9.55. The van der Waals surface area contributed by atoms with E-state index in [1.54, 1.807) is 0 Å². The van der Waals surface area contributed by atoms with Crippen LogP contribution in [0.4, 0.5) is 0 Å². The summed E-state index contributed by atoms with van der Waals surface area (Å²) in [4.78, 5) is 4.61. The molecule has 1 aromatic heterocycles. The minimum atomic E-state index is -0.348. The summed E-state index contributed by atoms with van der Waals surface area (Å²) >= 11 is 0. The van der Waals surface area contributed by atoms with Crippen molar-refractivity contribution in [2.75, 3.05) is 0 Å². The molecule has 2 fully saturated rings. The van der Waals surface area contributed by atoms with Crippen molar-refractivity contribution in [1.82, 2.24) is 4.98 Å². The Bertz CT molecular complexity index is 1090. The fraction of sp³-hybridized carbons (Fsp3) is 0.545. The standard InChI is InChI=1S/C18H34O2.C15H10N.Ir/c1-5-17(3)11-7-9-13-10-8-12-18(4,6-2)16(20)14(13)15(17)19;1-2-6-12(7-3-1)15-11-10-13-8-4-5-9-14(13)16-15;/h13-16,19-20H,5-12H2,1-4H3;1-6,8-11H;/q;-1;/t13?,14?,15?,16?,17-,18+;;. The molecule has 2 saturated carbocycles. The molecule has 5 rings (SSSR count). The van der Waals surface area contributed by atoms with Gasteiger partial charge in [0.15, 0.2) is 0 Å². The van der Waals surface area contributed by atoms with Gasteiger partial charge in [0.05, 0.1) is 17.7 Å². The van der Waals surface area contributed by atoms with Gasteiger partial charge in [-0.3, -0.25) is 4.98 Å². The Morgan fingerprint density at radius 1 is 0.838 bits per heavy atom. The van der Waals surface area contributed by atoms with E-state index in [1.165, 1.54) is 31.1 Å². The van der Waals surface area contributed by atoms with Crippen molar-refractivity contribution in [3.8, 4) is 11.3 Å². The topological polar surface area (TPSA) is 53.4 Å². The van der Waals surface area contributed by atoms with Gasteiger partial charge in [0, 0.05) is 26.0 Å². The van der Waals surface area contributed by atoms with Gasteiger partial charge >= 0.3 is 0 Å². The Hall–Kier alpha value is -1.58. The number of aliphatic hydroxyl groups is 2. The zero-order valence-electron chi connectivity index (χ0n) is 22.9. The van der Waals surface area contributed by atoms with E-state index in [2.05, 4.69) is 50.9 Å². The van der Waals surface area contributed by atoms with Gasteiger partial charge < -0.3 is 10.2 Å². The van der Waals surface area contributed by atoms with Gasteiger partial charge in [-0.25, -0.2) is 0 Å². The molecule has 0 bridgehead atoms. The molecule has 3 nitrogen and oxygen atoms in total. The number of pyridine rings is 1. The molecule has 6 atom stereocenters. The van der Waals surface area contributed by atoms with Crippen LogP contribution >= 0.6 is 0 Å². The minimum Gasteiger partial charge on any atom is -0.392 e. The van der Waals surface area contributed by atoms with Gasteiger partial charge in [0.1, 0.15) is 0 Å². The van der Waals surface area contributed by atoms with Gasteiger partial charge in [-0.15, -0.1) is 35.9 Å². The number of aromatic nitrogens is 1. The van der Waals surface area contributed by atoms with Crippen molar-refractivity contribution in [3.63, 3.8) is 0 Å². The van der Waals surface area contributed by atoms with Crippen LogP contribution in [-0.4, -0.2) is 27.4 Å². The van der Waals surface area contributed by atoms with Gasteiger partial charge in [-0.1, -0.05) is 70.9 Å². The van der Waals surface area contributed by atoms with Crippen molar-refractivity contribution < 1.29 is 30.3 Å². The maximum atomic E-state index is 11.1. The maximum Gasteiger partial charge on any atom is 0.0649 e. The fourth-order valence-corrected chi connectivity index (χ4v) is 6.52. The summed E-state index contributed by atoms with van der Waals surface area (Å²) in [5.74, 6) is 0.594. The van der Waals surface area contributed by atoms with E-state index >= 15 is 0 Å². The second kappa shape index (κ2) is 13.0. The van der Waals surface area contributed by atoms with E-state index in [4.69, 9.17) is 0 Å². The number of hydrogen-bond donors (Lipinski definition) is 2. The van der Waals surface area contributed by atoms with E-state index < -0.39 is 0 Å². The van der Waals surface area contributed by atoms with E-state index in [9.17, 15) is 10.2 Å². The fourth-order valence-electron chi connectivity index (χ4n) is 6.52. The molecular weight excluding hydrogens is 635 g/mol. The van der Waals surface area contributed by atoms with Crippen LogP contribution in [0.15, 0.2) is 60.7 Å². The first-order chi connectivity index (χ1) is 17.3. The predicted octanol–water partition coefficient (Wildman–Crippen LogP) is 7.84. The van der Waals surface area contributed by atoms with Crippen LogP contribution in [0.25, 0.3) is 22.2 Å². The Kier molecular flexibility index (Phi) is 10.5. The molecule has 0 saturated heterocycles. The molecule has 1 heterocycles. The Morgan fingerprint density at radius 3 is 2.00 bits per heavy atom. The summed E-state index contributed by atoms with van der Waals surface area (Å²) in [6.45, 7) is 8.82. The monoisotopic (exact) mass is 679 g/mol. The van der Waals surface area contributed by atoms with Gasteiger partial charge in [0.2, 0.25) is 0 Å². The second-order valence-corrected chi connectivity index (χ2v) is 11.7. The van der Waals surface area contributed by atoms with Crippen molar-refractivity contribution >= 4 is 10.9 Å². The molecule has 2 aromatic carbocycles. The molecule has 203 valence electrons. The van der Waals surface area contributed by atoms with Crippen molar-refractivity contribution in [2.45, 2.75) is 91.3 Å². The quantitative estimate of drug-likeness (QED) is 0.278. The SMILES string of the molecule is CC[C@@]1(C)CCCC2CCC[C@@](C)(CC)C(O)C2C1O.[Ir].[c-]1ccccc1-c1ccc2ccccc2n1. The first-order valence-corrected chi connectivity index (χ1v) is 14.0. The molecule has 4 unspecified atom stereocenters. The van der Waals surface area contributed by atoms with Gasteiger partial charge in [-0.2, -0.15) is 0 Å². The predicted molar refractivity (Wildman–Crippen MR) is 150 cm³/mol. The molecule has 37 heavy (non-hydrogen) atoms. The van der Waals surface area contributed by atoms with E-state index in [-0.39, 0.29) is 49.1 Å². The van der Waals surface area contributed by atoms with Crippen LogP contribution in [0.1, 0.15) is 79.1 Å². The maximum absolute atomic E-state index is 11.1. The molecule has 0 spiro atoms. The van der Waals surface area contributed by atoms with E-state index in [1.807, 2.05) is 48.5 Å². The van der Waals surface area contributed by atoms with Crippen molar-refractivity contribution in [3.05, 3.63) is 66.7 Å². The zero-order chi connectivity index (χ0) is 25.8. The van der Waals surface area contributed by atoms with Crippen LogP contribution in [0.2, 0.25) is 0 Å². The van der Waals surface area contributed by atoms with Crippen LogP contribution in [0.5, 0.6) is 0 Å². The molecule has 2 aliphatic rings. The van der Waals surface area contributed by atoms with Gasteiger partial charge in [-0.05, 0) is 72.4 Å². The first-order valence-electron chi connectivity index (χ1n) is 14.0. The summed E-state index contributed by atoms with van der Waals surface area (Å²) < 4.78 is 0. The Balaban J connectivity index is 0.000000204. The Labute approximate surface area is 237 Å². The molecule has 2 aliphatic carbocycles. The number of nitrogens with zero attached hydrogens (tertiary/aromatic N) is 1. The molecule has 3 aromatic rings.